The molecule has 1 N–H and O–H groups in total. The topological polar surface area (TPSA) is 84.8 Å². The largest absolute Gasteiger partial charge is 0.326 e. The lowest BCUT2D eigenvalue weighted by Crippen LogP contribution is -2.10. The van der Waals surface area contributed by atoms with Crippen LogP contribution >= 0.6 is 11.8 Å². The molecule has 168 valence electrons. The minimum absolute atomic E-state index is 0.0135. The normalized spacial score (nSPS) is 13.0. The molecule has 0 saturated carbocycles. The van der Waals surface area contributed by atoms with Crippen LogP contribution < -0.4 is 5.32 Å². The van der Waals surface area contributed by atoms with Gasteiger partial charge in [0.1, 0.15) is 11.4 Å². The Labute approximate surface area is 201 Å². The summed E-state index contributed by atoms with van der Waals surface area (Å²) in [4.78, 5) is 29.4. The highest BCUT2D eigenvalue weighted by Gasteiger charge is 2.17. The number of ketones is 1. The molecule has 0 radical (unpaired) electrons. The molecule has 1 aliphatic rings. The summed E-state index contributed by atoms with van der Waals surface area (Å²) in [6, 6.07) is 25.2. The predicted molar refractivity (Wildman–Crippen MR) is 134 cm³/mol. The Morgan fingerprint density at radius 2 is 1.56 bits per heavy atom. The van der Waals surface area contributed by atoms with Crippen LogP contribution in [0.2, 0.25) is 0 Å². The summed E-state index contributed by atoms with van der Waals surface area (Å²) in [5, 5.41) is 12.1. The standard InChI is InChI=1S/C27H22N4O2S/c32-23(21-14-15-22-20(16-21)12-7-13-24(33)28-22)17-34-27-29-25(18-8-3-1-4-9-18)26(30-31-27)19-10-5-2-6-11-19/h1-6,8-11,14-16H,7,12-13,17H2,(H,28,33). The van der Waals surface area contributed by atoms with E-state index in [0.717, 1.165) is 40.9 Å². The summed E-state index contributed by atoms with van der Waals surface area (Å²) in [6.45, 7) is 0. The van der Waals surface area contributed by atoms with Crippen LogP contribution in [0.5, 0.6) is 0 Å². The molecule has 0 fully saturated rings. The van der Waals surface area contributed by atoms with Crippen LogP contribution in [0.1, 0.15) is 28.8 Å². The molecular weight excluding hydrogens is 444 g/mol. The molecule has 0 atom stereocenters. The predicted octanol–water partition coefficient (Wildman–Crippen LogP) is 5.46. The number of aromatic nitrogens is 3. The summed E-state index contributed by atoms with van der Waals surface area (Å²) in [6.07, 6.45) is 2.05. The third kappa shape index (κ3) is 4.89. The van der Waals surface area contributed by atoms with Gasteiger partial charge in [0.2, 0.25) is 11.1 Å². The van der Waals surface area contributed by atoms with Gasteiger partial charge >= 0.3 is 0 Å². The first kappa shape index (κ1) is 22.0. The Bertz CT molecular complexity index is 1340. The van der Waals surface area contributed by atoms with Gasteiger partial charge in [-0.2, -0.15) is 0 Å². The quantitative estimate of drug-likeness (QED) is 0.300. The number of nitrogens with zero attached hydrogens (tertiary/aromatic N) is 3. The molecule has 1 aliphatic heterocycles. The van der Waals surface area contributed by atoms with Gasteiger partial charge in [0.15, 0.2) is 5.78 Å². The highest BCUT2D eigenvalue weighted by Crippen LogP contribution is 2.30. The van der Waals surface area contributed by atoms with Crippen molar-refractivity contribution in [3.05, 3.63) is 90.0 Å². The average molecular weight is 467 g/mol. The third-order valence-electron chi connectivity index (χ3n) is 5.65. The van der Waals surface area contributed by atoms with Crippen LogP contribution in [0.4, 0.5) is 5.69 Å². The van der Waals surface area contributed by atoms with Gasteiger partial charge in [0.25, 0.3) is 0 Å². The number of hydrogen-bond donors (Lipinski definition) is 1. The summed E-state index contributed by atoms with van der Waals surface area (Å²) in [5.41, 5.74) is 5.73. The lowest BCUT2D eigenvalue weighted by atomic mass is 10.0. The number of carbonyl (C=O) groups excluding carboxylic acids is 2. The van der Waals surface area contributed by atoms with Crippen LogP contribution in [0.15, 0.2) is 84.0 Å². The minimum Gasteiger partial charge on any atom is -0.326 e. The molecule has 34 heavy (non-hydrogen) atoms. The molecule has 2 heterocycles. The first-order chi connectivity index (χ1) is 16.7. The number of anilines is 1. The molecule has 7 heteroatoms. The van der Waals surface area contributed by atoms with E-state index in [-0.39, 0.29) is 17.4 Å². The molecular formula is C27H22N4O2S. The number of benzene rings is 3. The molecule has 0 bridgehead atoms. The maximum Gasteiger partial charge on any atom is 0.224 e. The summed E-state index contributed by atoms with van der Waals surface area (Å²) >= 11 is 1.27. The van der Waals surface area contributed by atoms with Gasteiger partial charge in [0.05, 0.1) is 5.75 Å². The zero-order valence-electron chi connectivity index (χ0n) is 18.4. The molecule has 5 rings (SSSR count). The van der Waals surface area contributed by atoms with Gasteiger partial charge in [-0.25, -0.2) is 4.98 Å². The van der Waals surface area contributed by atoms with Crippen LogP contribution in [0.3, 0.4) is 0 Å². The smallest absolute Gasteiger partial charge is 0.224 e. The van der Waals surface area contributed by atoms with Crippen LogP contribution in [0.25, 0.3) is 22.5 Å². The zero-order valence-corrected chi connectivity index (χ0v) is 19.2. The van der Waals surface area contributed by atoms with Crippen molar-refractivity contribution in [1.29, 1.82) is 0 Å². The maximum atomic E-state index is 12.9. The van der Waals surface area contributed by atoms with Crippen LogP contribution in [0, 0.1) is 0 Å². The fraction of sp³-hybridized carbons (Fsp3) is 0.148. The van der Waals surface area contributed by atoms with Gasteiger partial charge in [0, 0.05) is 28.8 Å². The fourth-order valence-corrected chi connectivity index (χ4v) is 4.60. The van der Waals surface area contributed by atoms with E-state index in [4.69, 9.17) is 4.98 Å². The molecule has 3 aromatic carbocycles. The second-order valence-corrected chi connectivity index (χ2v) is 8.95. The molecule has 1 aromatic heterocycles. The number of fused-ring (bicyclic) bond motifs is 1. The number of rotatable bonds is 6. The Balaban J connectivity index is 1.37. The van der Waals surface area contributed by atoms with Crippen molar-refractivity contribution in [2.75, 3.05) is 11.1 Å². The van der Waals surface area contributed by atoms with Crippen molar-refractivity contribution < 1.29 is 9.59 Å². The number of carbonyl (C=O) groups is 2. The number of nitrogens with one attached hydrogen (secondary N) is 1. The molecule has 0 spiro atoms. The molecule has 0 unspecified atom stereocenters. The Morgan fingerprint density at radius 3 is 2.29 bits per heavy atom. The van der Waals surface area contributed by atoms with Crippen molar-refractivity contribution in [2.24, 2.45) is 0 Å². The summed E-state index contributed by atoms with van der Waals surface area (Å²) in [7, 11) is 0. The number of amides is 1. The van der Waals surface area contributed by atoms with E-state index in [0.29, 0.717) is 22.8 Å². The van der Waals surface area contributed by atoms with Crippen molar-refractivity contribution >= 4 is 29.1 Å². The first-order valence-electron chi connectivity index (χ1n) is 11.1. The van der Waals surface area contributed by atoms with Crippen molar-refractivity contribution in [1.82, 2.24) is 15.2 Å². The van der Waals surface area contributed by atoms with E-state index in [1.54, 1.807) is 6.07 Å². The lowest BCUT2D eigenvalue weighted by Gasteiger charge is -2.10. The average Bonchev–Trinajstić information content (AvgIpc) is 3.08. The lowest BCUT2D eigenvalue weighted by molar-refractivity contribution is -0.116. The van der Waals surface area contributed by atoms with E-state index < -0.39 is 0 Å². The summed E-state index contributed by atoms with van der Waals surface area (Å²) < 4.78 is 0. The number of aryl methyl sites for hydroxylation is 1. The zero-order chi connectivity index (χ0) is 23.3. The van der Waals surface area contributed by atoms with E-state index in [9.17, 15) is 9.59 Å². The number of hydrogen-bond acceptors (Lipinski definition) is 6. The molecule has 4 aromatic rings. The monoisotopic (exact) mass is 466 g/mol. The van der Waals surface area contributed by atoms with Gasteiger partial charge in [-0.3, -0.25) is 9.59 Å². The number of Topliss-reactive ketones (excluding diaryl/α,β-unsaturated/α-hetero) is 1. The summed E-state index contributed by atoms with van der Waals surface area (Å²) in [5.74, 6) is 0.206. The second-order valence-electron chi connectivity index (χ2n) is 8.01. The fourth-order valence-electron chi connectivity index (χ4n) is 3.92. The van der Waals surface area contributed by atoms with Crippen LogP contribution in [-0.4, -0.2) is 32.6 Å². The Kier molecular flexibility index (Phi) is 6.44. The Morgan fingerprint density at radius 1 is 0.853 bits per heavy atom. The van der Waals surface area contributed by atoms with Crippen LogP contribution in [-0.2, 0) is 11.2 Å². The van der Waals surface area contributed by atoms with Gasteiger partial charge < -0.3 is 5.32 Å². The van der Waals surface area contributed by atoms with Gasteiger partial charge in [-0.05, 0) is 36.6 Å². The van der Waals surface area contributed by atoms with E-state index in [2.05, 4.69) is 15.5 Å². The van der Waals surface area contributed by atoms with Crippen molar-refractivity contribution in [3.8, 4) is 22.5 Å². The van der Waals surface area contributed by atoms with Crippen molar-refractivity contribution in [3.63, 3.8) is 0 Å². The van der Waals surface area contributed by atoms with E-state index in [1.165, 1.54) is 11.8 Å². The van der Waals surface area contributed by atoms with Gasteiger partial charge in [-0.1, -0.05) is 72.4 Å². The molecule has 0 saturated heterocycles. The first-order valence-corrected chi connectivity index (χ1v) is 12.1. The Hall–Kier alpha value is -3.84. The minimum atomic E-state index is -0.0135. The van der Waals surface area contributed by atoms with Crippen molar-refractivity contribution in [2.45, 2.75) is 24.4 Å². The molecule has 1 amide bonds. The SMILES string of the molecule is O=C1CCCc2cc(C(=O)CSc3nnc(-c4ccccc4)c(-c4ccccc4)n3)ccc2N1. The number of thioether (sulfide) groups is 1. The highest BCUT2D eigenvalue weighted by atomic mass is 32.2. The van der Waals surface area contributed by atoms with E-state index >= 15 is 0 Å². The second kappa shape index (κ2) is 9.97. The van der Waals surface area contributed by atoms with Gasteiger partial charge in [-0.15, -0.1) is 10.2 Å². The van der Waals surface area contributed by atoms with E-state index in [1.807, 2.05) is 72.8 Å². The third-order valence-corrected chi connectivity index (χ3v) is 6.48. The molecule has 6 nitrogen and oxygen atoms in total. The highest BCUT2D eigenvalue weighted by molar-refractivity contribution is 7.99. The molecule has 0 aliphatic carbocycles. The maximum absolute atomic E-state index is 12.9.